The van der Waals surface area contributed by atoms with Crippen molar-refractivity contribution < 1.29 is 0 Å². The van der Waals surface area contributed by atoms with Crippen molar-refractivity contribution in [2.75, 3.05) is 5.73 Å². The summed E-state index contributed by atoms with van der Waals surface area (Å²) < 4.78 is 2.63. The number of hydrogen-bond acceptors (Lipinski definition) is 3. The van der Waals surface area contributed by atoms with E-state index in [0.29, 0.717) is 5.69 Å². The van der Waals surface area contributed by atoms with Gasteiger partial charge in [-0.3, -0.25) is 0 Å². The number of hydrogen-bond donors (Lipinski definition) is 1. The van der Waals surface area contributed by atoms with Gasteiger partial charge in [0.1, 0.15) is 0 Å². The molecule has 0 bridgehead atoms. The van der Waals surface area contributed by atoms with E-state index in [4.69, 9.17) is 5.73 Å². The predicted octanol–water partition coefficient (Wildman–Crippen LogP) is 1.92. The van der Waals surface area contributed by atoms with Crippen LogP contribution in [0.1, 0.15) is 5.56 Å². The summed E-state index contributed by atoms with van der Waals surface area (Å²) in [6.45, 7) is 2.00. The van der Waals surface area contributed by atoms with E-state index in [9.17, 15) is 0 Å². The third-order valence-corrected chi connectivity index (χ3v) is 2.70. The largest absolute Gasteiger partial charge is 0.396 e. The van der Waals surface area contributed by atoms with Gasteiger partial charge in [-0.2, -0.15) is 5.10 Å². The number of nitrogens with zero attached hydrogens (tertiary/aromatic N) is 3. The first-order valence-electron chi connectivity index (χ1n) is 4.09. The molecule has 0 spiro atoms. The maximum absolute atomic E-state index is 5.56. The summed E-state index contributed by atoms with van der Waals surface area (Å²) in [5.41, 5.74) is 7.31. The molecule has 2 N–H and O–H groups in total. The van der Waals surface area contributed by atoms with Crippen molar-refractivity contribution >= 4 is 21.6 Å². The summed E-state index contributed by atoms with van der Waals surface area (Å²) in [6.07, 6.45) is 5.08. The van der Waals surface area contributed by atoms with E-state index in [1.165, 1.54) is 0 Å². The van der Waals surface area contributed by atoms with Crippen LogP contribution in [0.3, 0.4) is 0 Å². The molecule has 5 heteroatoms. The molecular weight excluding hydrogens is 244 g/mol. The van der Waals surface area contributed by atoms with Gasteiger partial charge < -0.3 is 5.73 Å². The molecule has 14 heavy (non-hydrogen) atoms. The Labute approximate surface area is 89.9 Å². The Hall–Kier alpha value is -1.36. The maximum atomic E-state index is 5.56. The van der Waals surface area contributed by atoms with E-state index in [-0.39, 0.29) is 0 Å². The van der Waals surface area contributed by atoms with Crippen LogP contribution in [0.2, 0.25) is 0 Å². The molecule has 4 nitrogen and oxygen atoms in total. The molecule has 0 aromatic carbocycles. The molecule has 72 valence electrons. The van der Waals surface area contributed by atoms with Gasteiger partial charge in [-0.05, 0) is 34.5 Å². The van der Waals surface area contributed by atoms with Crippen LogP contribution in [0.4, 0.5) is 5.69 Å². The molecule has 0 saturated heterocycles. The van der Waals surface area contributed by atoms with E-state index in [2.05, 4.69) is 26.0 Å². The monoisotopic (exact) mass is 252 g/mol. The fourth-order valence-electron chi connectivity index (χ4n) is 1.11. The van der Waals surface area contributed by atoms with Crippen molar-refractivity contribution in [2.24, 2.45) is 0 Å². The van der Waals surface area contributed by atoms with Gasteiger partial charge in [0.15, 0.2) is 5.82 Å². The van der Waals surface area contributed by atoms with Crippen molar-refractivity contribution in [3.63, 3.8) is 0 Å². The molecule has 2 rings (SSSR count). The fourth-order valence-corrected chi connectivity index (χ4v) is 1.33. The van der Waals surface area contributed by atoms with Crippen LogP contribution in [0.25, 0.3) is 5.82 Å². The zero-order chi connectivity index (χ0) is 10.1. The topological polar surface area (TPSA) is 56.7 Å². The van der Waals surface area contributed by atoms with Crippen LogP contribution in [-0.2, 0) is 0 Å². The molecule has 0 fully saturated rings. The zero-order valence-corrected chi connectivity index (χ0v) is 9.19. The highest BCUT2D eigenvalue weighted by Gasteiger charge is 2.02. The number of halogens is 1. The first-order valence-corrected chi connectivity index (χ1v) is 4.89. The van der Waals surface area contributed by atoms with Crippen LogP contribution in [0, 0.1) is 6.92 Å². The first-order chi connectivity index (χ1) is 6.66. The van der Waals surface area contributed by atoms with Crippen molar-refractivity contribution in [1.29, 1.82) is 0 Å². The van der Waals surface area contributed by atoms with Crippen molar-refractivity contribution in [3.05, 3.63) is 34.7 Å². The van der Waals surface area contributed by atoms with Gasteiger partial charge in [-0.1, -0.05) is 0 Å². The summed E-state index contributed by atoms with van der Waals surface area (Å²) in [7, 11) is 0. The number of aromatic nitrogens is 3. The lowest BCUT2D eigenvalue weighted by molar-refractivity contribution is 0.844. The van der Waals surface area contributed by atoms with E-state index in [0.717, 1.165) is 15.9 Å². The Morgan fingerprint density at radius 2 is 2.21 bits per heavy atom. The standard InChI is InChI=1S/C9H9BrN4/c1-6-2-9(12-4-8(6)10)14-5-7(11)3-13-14/h2-5H,11H2,1H3. The average molecular weight is 253 g/mol. The number of aryl methyl sites for hydroxylation is 1. The summed E-state index contributed by atoms with van der Waals surface area (Å²) in [6, 6.07) is 1.94. The number of anilines is 1. The third-order valence-electron chi connectivity index (χ3n) is 1.87. The second kappa shape index (κ2) is 3.42. The lowest BCUT2D eigenvalue weighted by atomic mass is 10.3. The molecular formula is C9H9BrN4. The zero-order valence-electron chi connectivity index (χ0n) is 7.61. The minimum atomic E-state index is 0.632. The molecule has 0 aliphatic rings. The van der Waals surface area contributed by atoms with Crippen LogP contribution >= 0.6 is 15.9 Å². The van der Waals surface area contributed by atoms with Crippen LogP contribution in [0.15, 0.2) is 29.1 Å². The number of nitrogen functional groups attached to an aromatic ring is 1. The lowest BCUT2D eigenvalue weighted by Crippen LogP contribution is -1.98. The average Bonchev–Trinajstić information content (AvgIpc) is 2.57. The minimum absolute atomic E-state index is 0.632. The molecule has 2 aromatic heterocycles. The SMILES string of the molecule is Cc1cc(-n2cc(N)cn2)ncc1Br. The van der Waals surface area contributed by atoms with Crippen LogP contribution in [0.5, 0.6) is 0 Å². The summed E-state index contributed by atoms with van der Waals surface area (Å²) >= 11 is 3.39. The van der Waals surface area contributed by atoms with Crippen molar-refractivity contribution in [2.45, 2.75) is 6.92 Å². The molecule has 0 aliphatic carbocycles. The molecule has 0 saturated carbocycles. The number of nitrogens with two attached hydrogens (primary N) is 1. The predicted molar refractivity (Wildman–Crippen MR) is 58.2 cm³/mol. The molecule has 2 heterocycles. The van der Waals surface area contributed by atoms with Crippen LogP contribution < -0.4 is 5.73 Å². The van der Waals surface area contributed by atoms with Crippen molar-refractivity contribution in [1.82, 2.24) is 14.8 Å². The van der Waals surface area contributed by atoms with Crippen molar-refractivity contribution in [3.8, 4) is 5.82 Å². The van der Waals surface area contributed by atoms with E-state index in [1.807, 2.05) is 13.0 Å². The molecule has 0 unspecified atom stereocenters. The molecule has 2 aromatic rings. The lowest BCUT2D eigenvalue weighted by Gasteiger charge is -2.02. The molecule has 0 radical (unpaired) electrons. The summed E-state index contributed by atoms with van der Waals surface area (Å²) in [5, 5.41) is 4.07. The Morgan fingerprint density at radius 3 is 2.79 bits per heavy atom. The Morgan fingerprint density at radius 1 is 1.43 bits per heavy atom. The second-order valence-electron chi connectivity index (χ2n) is 3.01. The highest BCUT2D eigenvalue weighted by molar-refractivity contribution is 9.10. The number of rotatable bonds is 1. The highest BCUT2D eigenvalue weighted by Crippen LogP contribution is 2.16. The molecule has 0 amide bonds. The third kappa shape index (κ3) is 1.63. The van der Waals surface area contributed by atoms with Gasteiger partial charge >= 0.3 is 0 Å². The van der Waals surface area contributed by atoms with Gasteiger partial charge in [0, 0.05) is 10.7 Å². The summed E-state index contributed by atoms with van der Waals surface area (Å²) in [4.78, 5) is 4.22. The minimum Gasteiger partial charge on any atom is -0.396 e. The van der Waals surface area contributed by atoms with E-state index < -0.39 is 0 Å². The van der Waals surface area contributed by atoms with Crippen LogP contribution in [-0.4, -0.2) is 14.8 Å². The quantitative estimate of drug-likeness (QED) is 0.844. The van der Waals surface area contributed by atoms with Gasteiger partial charge in [0.2, 0.25) is 0 Å². The van der Waals surface area contributed by atoms with Gasteiger partial charge in [0.05, 0.1) is 18.1 Å². The fraction of sp³-hybridized carbons (Fsp3) is 0.111. The highest BCUT2D eigenvalue weighted by atomic mass is 79.9. The smallest absolute Gasteiger partial charge is 0.153 e. The van der Waals surface area contributed by atoms with E-state index in [1.54, 1.807) is 23.3 Å². The Bertz CT molecular complexity index is 464. The Balaban J connectivity index is 2.47. The first kappa shape index (κ1) is 9.21. The Kier molecular flexibility index (Phi) is 2.25. The molecule has 0 atom stereocenters. The van der Waals surface area contributed by atoms with E-state index >= 15 is 0 Å². The van der Waals surface area contributed by atoms with Gasteiger partial charge in [-0.15, -0.1) is 0 Å². The van der Waals surface area contributed by atoms with Gasteiger partial charge in [0.25, 0.3) is 0 Å². The summed E-state index contributed by atoms with van der Waals surface area (Å²) in [5.74, 6) is 0.766. The van der Waals surface area contributed by atoms with Gasteiger partial charge in [-0.25, -0.2) is 9.67 Å². The second-order valence-corrected chi connectivity index (χ2v) is 3.86. The molecule has 0 aliphatic heterocycles. The maximum Gasteiger partial charge on any atom is 0.153 e. The normalized spacial score (nSPS) is 10.4. The number of pyridine rings is 1.